The second-order valence-electron chi connectivity index (χ2n) is 5.79. The molecule has 5 nitrogen and oxygen atoms in total. The predicted molar refractivity (Wildman–Crippen MR) is 94.1 cm³/mol. The molecular formula is C18H20N2O3S. The Kier molecular flexibility index (Phi) is 4.94. The van der Waals surface area contributed by atoms with Crippen molar-refractivity contribution in [1.82, 2.24) is 5.32 Å². The van der Waals surface area contributed by atoms with E-state index in [1.54, 1.807) is 16.7 Å². The lowest BCUT2D eigenvalue weighted by Crippen LogP contribution is -2.38. The smallest absolute Gasteiger partial charge is 0.237 e. The molecule has 1 aromatic heterocycles. The third-order valence-electron chi connectivity index (χ3n) is 3.94. The number of rotatable bonds is 5. The van der Waals surface area contributed by atoms with E-state index >= 15 is 0 Å². The Morgan fingerprint density at radius 2 is 2.12 bits per heavy atom. The number of amides is 2. The average Bonchev–Trinajstić information content (AvgIpc) is 3.00. The maximum atomic E-state index is 12.2. The molecule has 0 aliphatic carbocycles. The number of furan rings is 1. The molecule has 2 amide bonds. The molecule has 0 saturated heterocycles. The highest BCUT2D eigenvalue weighted by Gasteiger charge is 2.25. The molecule has 2 heterocycles. The Morgan fingerprint density at radius 1 is 1.33 bits per heavy atom. The van der Waals surface area contributed by atoms with E-state index in [-0.39, 0.29) is 24.3 Å². The zero-order chi connectivity index (χ0) is 17.1. The molecule has 2 aromatic rings. The molecule has 126 valence electrons. The highest BCUT2D eigenvalue weighted by molar-refractivity contribution is 8.00. The molecule has 1 atom stereocenters. The minimum Gasteiger partial charge on any atom is -0.464 e. The van der Waals surface area contributed by atoms with Crippen LogP contribution < -0.4 is 10.2 Å². The number of benzene rings is 1. The zero-order valence-corrected chi connectivity index (χ0v) is 14.6. The largest absolute Gasteiger partial charge is 0.464 e. The quantitative estimate of drug-likeness (QED) is 0.904. The summed E-state index contributed by atoms with van der Waals surface area (Å²) in [5.41, 5.74) is 0.890. The van der Waals surface area contributed by atoms with Crippen molar-refractivity contribution in [3.05, 3.63) is 47.9 Å². The topological polar surface area (TPSA) is 62.6 Å². The number of nitrogens with one attached hydrogen (secondary N) is 1. The number of aryl methyl sites for hydroxylation is 1. The fourth-order valence-electron chi connectivity index (χ4n) is 2.68. The molecular weight excluding hydrogens is 324 g/mol. The summed E-state index contributed by atoms with van der Waals surface area (Å²) in [7, 11) is 0. The van der Waals surface area contributed by atoms with Crippen molar-refractivity contribution in [3.8, 4) is 0 Å². The van der Waals surface area contributed by atoms with Crippen molar-refractivity contribution in [1.29, 1.82) is 0 Å². The van der Waals surface area contributed by atoms with Crippen LogP contribution >= 0.6 is 11.8 Å². The molecule has 0 unspecified atom stereocenters. The molecule has 1 N–H and O–H groups in total. The first-order valence-corrected chi connectivity index (χ1v) is 8.91. The lowest BCUT2D eigenvalue weighted by atomic mass is 10.2. The number of hydrogen-bond acceptors (Lipinski definition) is 4. The molecule has 1 aromatic carbocycles. The van der Waals surface area contributed by atoms with E-state index in [1.807, 2.05) is 50.2 Å². The standard InChI is InChI=1S/C18H20N2O3S/c1-12-7-8-15(23-12)13(2)19-17(21)9-10-20-14-5-3-4-6-16(14)24-11-18(20)22/h3-8,13H,9-11H2,1-2H3,(H,19,21)/t13-/m1/s1. The van der Waals surface area contributed by atoms with Gasteiger partial charge in [0.05, 0.1) is 17.5 Å². The normalized spacial score (nSPS) is 15.1. The molecule has 0 bridgehead atoms. The first-order chi connectivity index (χ1) is 11.5. The maximum Gasteiger partial charge on any atom is 0.237 e. The average molecular weight is 344 g/mol. The first kappa shape index (κ1) is 16.6. The summed E-state index contributed by atoms with van der Waals surface area (Å²) >= 11 is 1.54. The third-order valence-corrected chi connectivity index (χ3v) is 4.98. The molecule has 24 heavy (non-hydrogen) atoms. The van der Waals surface area contributed by atoms with Gasteiger partial charge in [-0.25, -0.2) is 0 Å². The minimum absolute atomic E-state index is 0.0428. The number of hydrogen-bond donors (Lipinski definition) is 1. The van der Waals surface area contributed by atoms with E-state index in [0.29, 0.717) is 12.3 Å². The van der Waals surface area contributed by atoms with Gasteiger partial charge in [-0.05, 0) is 38.1 Å². The molecule has 1 aliphatic heterocycles. The van der Waals surface area contributed by atoms with Crippen LogP contribution in [0.2, 0.25) is 0 Å². The highest BCUT2D eigenvalue weighted by atomic mass is 32.2. The number of fused-ring (bicyclic) bond motifs is 1. The predicted octanol–water partition coefficient (Wildman–Crippen LogP) is 3.29. The number of anilines is 1. The van der Waals surface area contributed by atoms with Gasteiger partial charge in [-0.1, -0.05) is 12.1 Å². The summed E-state index contributed by atoms with van der Waals surface area (Å²) in [5, 5.41) is 2.91. The van der Waals surface area contributed by atoms with Crippen molar-refractivity contribution >= 4 is 29.3 Å². The van der Waals surface area contributed by atoms with Crippen LogP contribution in [0.5, 0.6) is 0 Å². The summed E-state index contributed by atoms with van der Waals surface area (Å²) < 4.78 is 5.52. The van der Waals surface area contributed by atoms with Crippen LogP contribution in [-0.4, -0.2) is 24.1 Å². The Bertz CT molecular complexity index is 756. The summed E-state index contributed by atoms with van der Waals surface area (Å²) in [4.78, 5) is 27.2. The SMILES string of the molecule is Cc1ccc([C@@H](C)NC(=O)CCN2C(=O)CSc3ccccc32)o1. The molecule has 3 rings (SSSR count). The number of nitrogens with zero attached hydrogens (tertiary/aromatic N) is 1. The number of carbonyl (C=O) groups excluding carboxylic acids is 2. The van der Waals surface area contributed by atoms with Crippen LogP contribution in [0.1, 0.15) is 30.9 Å². The van der Waals surface area contributed by atoms with E-state index < -0.39 is 0 Å². The Morgan fingerprint density at radius 3 is 2.88 bits per heavy atom. The van der Waals surface area contributed by atoms with Crippen LogP contribution in [0.25, 0.3) is 0 Å². The fourth-order valence-corrected chi connectivity index (χ4v) is 3.62. The van der Waals surface area contributed by atoms with Gasteiger partial charge in [-0.15, -0.1) is 11.8 Å². The minimum atomic E-state index is -0.189. The van der Waals surface area contributed by atoms with Crippen LogP contribution in [-0.2, 0) is 9.59 Å². The Labute approximate surface area is 145 Å². The Balaban J connectivity index is 1.59. The summed E-state index contributed by atoms with van der Waals surface area (Å²) in [6, 6.07) is 11.3. The van der Waals surface area contributed by atoms with Gasteiger partial charge in [0.1, 0.15) is 11.5 Å². The van der Waals surface area contributed by atoms with Crippen LogP contribution in [0.15, 0.2) is 45.7 Å². The lowest BCUT2D eigenvalue weighted by Gasteiger charge is -2.28. The van der Waals surface area contributed by atoms with Crippen LogP contribution in [0.4, 0.5) is 5.69 Å². The van der Waals surface area contributed by atoms with Crippen molar-refractivity contribution in [3.63, 3.8) is 0 Å². The van der Waals surface area contributed by atoms with Crippen molar-refractivity contribution in [2.75, 3.05) is 17.2 Å². The molecule has 0 spiro atoms. The van der Waals surface area contributed by atoms with Gasteiger partial charge < -0.3 is 14.6 Å². The van der Waals surface area contributed by atoms with E-state index in [1.165, 1.54) is 0 Å². The molecule has 1 aliphatic rings. The molecule has 0 saturated carbocycles. The fraction of sp³-hybridized carbons (Fsp3) is 0.333. The molecule has 0 radical (unpaired) electrons. The second kappa shape index (κ2) is 7.13. The van der Waals surface area contributed by atoms with Crippen LogP contribution in [0.3, 0.4) is 0 Å². The molecule has 6 heteroatoms. The lowest BCUT2D eigenvalue weighted by molar-refractivity contribution is -0.121. The first-order valence-electron chi connectivity index (χ1n) is 7.92. The third kappa shape index (κ3) is 3.64. The molecule has 0 fully saturated rings. The van der Waals surface area contributed by atoms with Crippen molar-refractivity contribution < 1.29 is 14.0 Å². The van der Waals surface area contributed by atoms with Gasteiger partial charge >= 0.3 is 0 Å². The summed E-state index contributed by atoms with van der Waals surface area (Å²) in [6.07, 6.45) is 0.259. The number of para-hydroxylation sites is 1. The van der Waals surface area contributed by atoms with Gasteiger partial charge in [-0.2, -0.15) is 0 Å². The van der Waals surface area contributed by atoms with E-state index in [9.17, 15) is 9.59 Å². The number of carbonyl (C=O) groups is 2. The maximum absolute atomic E-state index is 12.2. The van der Waals surface area contributed by atoms with Gasteiger partial charge in [0.15, 0.2) is 0 Å². The van der Waals surface area contributed by atoms with Gasteiger partial charge in [0.2, 0.25) is 11.8 Å². The van der Waals surface area contributed by atoms with E-state index in [2.05, 4.69) is 5.32 Å². The van der Waals surface area contributed by atoms with Crippen molar-refractivity contribution in [2.24, 2.45) is 0 Å². The van der Waals surface area contributed by atoms with Gasteiger partial charge in [0, 0.05) is 17.9 Å². The highest BCUT2D eigenvalue weighted by Crippen LogP contribution is 2.34. The van der Waals surface area contributed by atoms with Crippen LogP contribution in [0, 0.1) is 6.92 Å². The van der Waals surface area contributed by atoms with Gasteiger partial charge in [0.25, 0.3) is 0 Å². The Hall–Kier alpha value is -2.21. The summed E-state index contributed by atoms with van der Waals surface area (Å²) in [5.74, 6) is 1.91. The van der Waals surface area contributed by atoms with E-state index in [4.69, 9.17) is 4.42 Å². The monoisotopic (exact) mass is 344 g/mol. The van der Waals surface area contributed by atoms with E-state index in [0.717, 1.165) is 22.1 Å². The number of thioether (sulfide) groups is 1. The summed E-state index contributed by atoms with van der Waals surface area (Å²) in [6.45, 7) is 4.13. The second-order valence-corrected chi connectivity index (χ2v) is 6.81. The van der Waals surface area contributed by atoms with Crippen molar-refractivity contribution in [2.45, 2.75) is 31.2 Å². The van der Waals surface area contributed by atoms with Gasteiger partial charge in [-0.3, -0.25) is 9.59 Å². The zero-order valence-electron chi connectivity index (χ0n) is 13.7.